The van der Waals surface area contributed by atoms with Crippen LogP contribution in [0, 0.1) is 0 Å². The zero-order chi connectivity index (χ0) is 21.6. The van der Waals surface area contributed by atoms with Gasteiger partial charge in [-0.1, -0.05) is 36.4 Å². The Bertz CT molecular complexity index is 1050. The van der Waals surface area contributed by atoms with E-state index in [0.29, 0.717) is 22.5 Å². The number of hydrogen-bond donors (Lipinski definition) is 3. The van der Waals surface area contributed by atoms with Gasteiger partial charge in [0.05, 0.1) is 4.88 Å². The van der Waals surface area contributed by atoms with Crippen LogP contribution >= 0.6 is 11.3 Å². The van der Waals surface area contributed by atoms with Crippen molar-refractivity contribution in [2.75, 3.05) is 5.32 Å². The maximum absolute atomic E-state index is 13.0. The van der Waals surface area contributed by atoms with Crippen LogP contribution in [0.1, 0.15) is 38.4 Å². The normalized spacial score (nSPS) is 13.8. The molecule has 4 rings (SSSR count). The number of carbonyl (C=O) groups excluding carboxylic acids is 3. The van der Waals surface area contributed by atoms with Gasteiger partial charge in [-0.3, -0.25) is 14.4 Å². The second kappa shape index (κ2) is 9.57. The molecule has 1 aromatic heterocycles. The van der Waals surface area contributed by atoms with Crippen molar-refractivity contribution in [3.05, 3.63) is 88.1 Å². The van der Waals surface area contributed by atoms with Crippen LogP contribution in [0.3, 0.4) is 0 Å². The van der Waals surface area contributed by atoms with Gasteiger partial charge in [0.25, 0.3) is 11.8 Å². The first-order valence-corrected chi connectivity index (χ1v) is 11.1. The minimum Gasteiger partial charge on any atom is -0.349 e. The van der Waals surface area contributed by atoms with E-state index in [9.17, 15) is 14.4 Å². The first-order chi connectivity index (χ1) is 15.1. The van der Waals surface area contributed by atoms with Gasteiger partial charge in [-0.15, -0.1) is 11.3 Å². The Balaban J connectivity index is 1.44. The molecule has 31 heavy (non-hydrogen) atoms. The fourth-order valence-corrected chi connectivity index (χ4v) is 3.75. The number of thiophene rings is 1. The van der Waals surface area contributed by atoms with E-state index in [4.69, 9.17) is 0 Å². The molecule has 7 heteroatoms. The summed E-state index contributed by atoms with van der Waals surface area (Å²) in [4.78, 5) is 38.2. The first-order valence-electron chi connectivity index (χ1n) is 10.2. The Labute approximate surface area is 184 Å². The van der Waals surface area contributed by atoms with Crippen LogP contribution in [0.2, 0.25) is 0 Å². The summed E-state index contributed by atoms with van der Waals surface area (Å²) in [5.74, 6) is -0.701. The summed E-state index contributed by atoms with van der Waals surface area (Å²) in [7, 11) is 0. The molecule has 0 aliphatic heterocycles. The summed E-state index contributed by atoms with van der Waals surface area (Å²) in [5.41, 5.74) is 2.06. The van der Waals surface area contributed by atoms with Gasteiger partial charge in [0.15, 0.2) is 0 Å². The van der Waals surface area contributed by atoms with E-state index in [1.165, 1.54) is 11.3 Å². The lowest BCUT2D eigenvalue weighted by atomic mass is 10.0. The molecule has 0 bridgehead atoms. The molecule has 1 heterocycles. The minimum atomic E-state index is -0.741. The van der Waals surface area contributed by atoms with Crippen molar-refractivity contribution in [1.29, 1.82) is 0 Å². The third-order valence-electron chi connectivity index (χ3n) is 4.98. The highest BCUT2D eigenvalue weighted by Crippen LogP contribution is 2.20. The molecule has 1 aliphatic rings. The van der Waals surface area contributed by atoms with Crippen LogP contribution in [-0.4, -0.2) is 29.8 Å². The molecule has 3 aromatic rings. The highest BCUT2D eigenvalue weighted by Gasteiger charge is 2.24. The summed E-state index contributed by atoms with van der Waals surface area (Å²) >= 11 is 1.33. The largest absolute Gasteiger partial charge is 0.349 e. The fourth-order valence-electron chi connectivity index (χ4n) is 3.13. The molecular formula is C24H23N3O3S. The first kappa shape index (κ1) is 20.8. The van der Waals surface area contributed by atoms with Gasteiger partial charge < -0.3 is 16.0 Å². The van der Waals surface area contributed by atoms with Gasteiger partial charge in [-0.05, 0) is 54.1 Å². The van der Waals surface area contributed by atoms with Crippen molar-refractivity contribution in [2.24, 2.45) is 0 Å². The lowest BCUT2D eigenvalue weighted by Crippen LogP contribution is -2.45. The van der Waals surface area contributed by atoms with Gasteiger partial charge in [0.1, 0.15) is 6.04 Å². The molecule has 0 saturated heterocycles. The van der Waals surface area contributed by atoms with Crippen LogP contribution < -0.4 is 16.0 Å². The number of carbonyl (C=O) groups is 3. The van der Waals surface area contributed by atoms with E-state index in [0.717, 1.165) is 18.4 Å². The summed E-state index contributed by atoms with van der Waals surface area (Å²) in [6.07, 6.45) is 2.42. The second-order valence-electron chi connectivity index (χ2n) is 7.51. The van der Waals surface area contributed by atoms with Crippen LogP contribution in [0.4, 0.5) is 5.69 Å². The Hall–Kier alpha value is -3.45. The fraction of sp³-hybridized carbons (Fsp3) is 0.208. The molecule has 3 amide bonds. The lowest BCUT2D eigenvalue weighted by molar-refractivity contribution is -0.118. The smallest absolute Gasteiger partial charge is 0.262 e. The van der Waals surface area contributed by atoms with Crippen LogP contribution in [0.5, 0.6) is 0 Å². The Kier molecular flexibility index (Phi) is 6.43. The third kappa shape index (κ3) is 5.79. The lowest BCUT2D eigenvalue weighted by Gasteiger charge is -2.18. The molecule has 0 spiro atoms. The van der Waals surface area contributed by atoms with Crippen LogP contribution in [-0.2, 0) is 11.2 Å². The van der Waals surface area contributed by atoms with E-state index in [1.807, 2.05) is 35.7 Å². The van der Waals surface area contributed by atoms with E-state index in [2.05, 4.69) is 16.0 Å². The highest BCUT2D eigenvalue weighted by molar-refractivity contribution is 7.12. The summed E-state index contributed by atoms with van der Waals surface area (Å²) in [5, 5.41) is 10.5. The average Bonchev–Trinajstić information content (AvgIpc) is 3.42. The van der Waals surface area contributed by atoms with Gasteiger partial charge in [-0.2, -0.15) is 0 Å². The Morgan fingerprint density at radius 1 is 0.903 bits per heavy atom. The molecule has 3 N–H and O–H groups in total. The maximum atomic E-state index is 13.0. The molecule has 1 unspecified atom stereocenters. The molecule has 6 nitrogen and oxygen atoms in total. The molecule has 1 atom stereocenters. The maximum Gasteiger partial charge on any atom is 0.262 e. The number of hydrogen-bond acceptors (Lipinski definition) is 4. The number of benzene rings is 2. The average molecular weight is 434 g/mol. The number of anilines is 1. The number of amides is 3. The topological polar surface area (TPSA) is 87.3 Å². The van der Waals surface area contributed by atoms with Crippen molar-refractivity contribution < 1.29 is 14.4 Å². The molecule has 0 radical (unpaired) electrons. The molecule has 1 aliphatic carbocycles. The predicted octanol–water partition coefficient (Wildman–Crippen LogP) is 3.62. The van der Waals surface area contributed by atoms with Crippen molar-refractivity contribution in [2.45, 2.75) is 31.3 Å². The predicted molar refractivity (Wildman–Crippen MR) is 121 cm³/mol. The van der Waals surface area contributed by atoms with E-state index < -0.39 is 6.04 Å². The van der Waals surface area contributed by atoms with E-state index in [1.54, 1.807) is 36.4 Å². The monoisotopic (exact) mass is 433 g/mol. The summed E-state index contributed by atoms with van der Waals surface area (Å²) < 4.78 is 0. The van der Waals surface area contributed by atoms with Gasteiger partial charge in [0, 0.05) is 23.7 Å². The van der Waals surface area contributed by atoms with Gasteiger partial charge in [0.2, 0.25) is 5.91 Å². The molecule has 2 aromatic carbocycles. The third-order valence-corrected chi connectivity index (χ3v) is 5.85. The highest BCUT2D eigenvalue weighted by atomic mass is 32.1. The second-order valence-corrected chi connectivity index (χ2v) is 8.46. The van der Waals surface area contributed by atoms with Crippen molar-refractivity contribution in [3.63, 3.8) is 0 Å². The Morgan fingerprint density at radius 3 is 2.29 bits per heavy atom. The van der Waals surface area contributed by atoms with Crippen molar-refractivity contribution >= 4 is 34.7 Å². The van der Waals surface area contributed by atoms with Gasteiger partial charge >= 0.3 is 0 Å². The quantitative estimate of drug-likeness (QED) is 0.507. The van der Waals surface area contributed by atoms with Crippen molar-refractivity contribution in [1.82, 2.24) is 10.6 Å². The van der Waals surface area contributed by atoms with E-state index >= 15 is 0 Å². The minimum absolute atomic E-state index is 0.106. The Morgan fingerprint density at radius 2 is 1.65 bits per heavy atom. The zero-order valence-corrected chi connectivity index (χ0v) is 17.7. The van der Waals surface area contributed by atoms with Crippen LogP contribution in [0.25, 0.3) is 0 Å². The molecule has 1 fully saturated rings. The van der Waals surface area contributed by atoms with Crippen LogP contribution in [0.15, 0.2) is 72.1 Å². The molecular weight excluding hydrogens is 410 g/mol. The van der Waals surface area contributed by atoms with Crippen molar-refractivity contribution in [3.8, 4) is 0 Å². The summed E-state index contributed by atoms with van der Waals surface area (Å²) in [6, 6.07) is 19.4. The molecule has 158 valence electrons. The SMILES string of the molecule is O=C(NC1CC1)c1ccc(NC(=O)C(Cc2ccccc2)NC(=O)c2cccs2)cc1. The number of rotatable bonds is 8. The number of nitrogens with one attached hydrogen (secondary N) is 3. The molecule has 1 saturated carbocycles. The zero-order valence-electron chi connectivity index (χ0n) is 16.8. The standard InChI is InChI=1S/C24H23N3O3S/c28-22(25-19-12-13-19)17-8-10-18(11-9-17)26-23(29)20(15-16-5-2-1-3-6-16)27-24(30)21-7-4-14-31-21/h1-11,14,19-20H,12-13,15H2,(H,25,28)(H,26,29)(H,27,30). The van der Waals surface area contributed by atoms with Gasteiger partial charge in [-0.25, -0.2) is 0 Å². The van der Waals surface area contributed by atoms with E-state index in [-0.39, 0.29) is 23.8 Å². The summed E-state index contributed by atoms with van der Waals surface area (Å²) in [6.45, 7) is 0.